The van der Waals surface area contributed by atoms with E-state index in [-0.39, 0.29) is 11.8 Å². The molecule has 0 radical (unpaired) electrons. The summed E-state index contributed by atoms with van der Waals surface area (Å²) in [5.41, 5.74) is 0. The van der Waals surface area contributed by atoms with Crippen LogP contribution in [-0.4, -0.2) is 33.5 Å². The van der Waals surface area contributed by atoms with E-state index >= 15 is 0 Å². The standard InChI is InChI=1S/C10H16N2O2S2/c13-9-5-1-3-7-11(9)15-16-12-8-4-2-6-10(12)14/h1-8H2. The number of carbonyl (C=O) groups excluding carboxylic acids is 2. The van der Waals surface area contributed by atoms with Gasteiger partial charge in [0.15, 0.2) is 0 Å². The normalized spacial score (nSPS) is 22.8. The van der Waals surface area contributed by atoms with Gasteiger partial charge in [-0.25, -0.2) is 0 Å². The van der Waals surface area contributed by atoms with Crippen molar-refractivity contribution in [1.82, 2.24) is 8.61 Å². The maximum Gasteiger partial charge on any atom is 0.233 e. The number of hydrogen-bond donors (Lipinski definition) is 0. The van der Waals surface area contributed by atoms with Crippen LogP contribution in [0, 0.1) is 0 Å². The number of rotatable bonds is 3. The summed E-state index contributed by atoms with van der Waals surface area (Å²) in [4.78, 5) is 23.1. The van der Waals surface area contributed by atoms with E-state index in [1.165, 1.54) is 22.0 Å². The van der Waals surface area contributed by atoms with Gasteiger partial charge >= 0.3 is 0 Å². The van der Waals surface area contributed by atoms with Gasteiger partial charge < -0.3 is 0 Å². The van der Waals surface area contributed by atoms with E-state index in [0.29, 0.717) is 12.8 Å². The van der Waals surface area contributed by atoms with Crippen molar-refractivity contribution in [3.8, 4) is 0 Å². The Labute approximate surface area is 104 Å². The van der Waals surface area contributed by atoms with E-state index < -0.39 is 0 Å². The first-order valence-electron chi connectivity index (χ1n) is 5.73. The van der Waals surface area contributed by atoms with Crippen LogP contribution in [0.3, 0.4) is 0 Å². The third-order valence-electron chi connectivity index (χ3n) is 2.77. The van der Waals surface area contributed by atoms with E-state index in [2.05, 4.69) is 0 Å². The largest absolute Gasteiger partial charge is 0.276 e. The molecule has 2 heterocycles. The zero-order valence-electron chi connectivity index (χ0n) is 9.18. The van der Waals surface area contributed by atoms with Gasteiger partial charge in [0.1, 0.15) is 0 Å². The quantitative estimate of drug-likeness (QED) is 0.576. The highest BCUT2D eigenvalue weighted by Crippen LogP contribution is 2.34. The molecule has 2 amide bonds. The lowest BCUT2D eigenvalue weighted by atomic mass is 10.2. The zero-order valence-corrected chi connectivity index (χ0v) is 10.8. The molecule has 2 saturated heterocycles. The second-order valence-electron chi connectivity index (χ2n) is 4.05. The molecule has 0 aromatic heterocycles. The Bertz CT molecular complexity index is 258. The molecule has 6 heteroatoms. The molecule has 2 rings (SSSR count). The fraction of sp³-hybridized carbons (Fsp3) is 0.800. The molecular formula is C10H16N2O2S2. The molecule has 0 unspecified atom stereocenters. The average molecular weight is 260 g/mol. The number of piperidine rings is 2. The molecule has 90 valence electrons. The van der Waals surface area contributed by atoms with Crippen molar-refractivity contribution in [2.24, 2.45) is 0 Å². The van der Waals surface area contributed by atoms with Crippen molar-refractivity contribution in [1.29, 1.82) is 0 Å². The van der Waals surface area contributed by atoms with Crippen LogP contribution in [-0.2, 0) is 9.59 Å². The van der Waals surface area contributed by atoms with Crippen LogP contribution in [0.4, 0.5) is 0 Å². The molecule has 2 aliphatic rings. The minimum atomic E-state index is 0.202. The van der Waals surface area contributed by atoms with E-state index in [4.69, 9.17) is 0 Å². The number of carbonyl (C=O) groups is 2. The lowest BCUT2D eigenvalue weighted by Crippen LogP contribution is -2.32. The van der Waals surface area contributed by atoms with Gasteiger partial charge in [-0.1, -0.05) is 0 Å². The minimum Gasteiger partial charge on any atom is -0.276 e. The number of hydrogen-bond acceptors (Lipinski definition) is 4. The summed E-state index contributed by atoms with van der Waals surface area (Å²) >= 11 is 0. The fourth-order valence-corrected chi connectivity index (χ4v) is 4.15. The molecule has 0 aromatic carbocycles. The smallest absolute Gasteiger partial charge is 0.233 e. The van der Waals surface area contributed by atoms with Crippen LogP contribution in [0.2, 0.25) is 0 Å². The van der Waals surface area contributed by atoms with Crippen molar-refractivity contribution in [3.63, 3.8) is 0 Å². The maximum absolute atomic E-state index is 11.5. The summed E-state index contributed by atoms with van der Waals surface area (Å²) in [5.74, 6) is 0.404. The van der Waals surface area contributed by atoms with Crippen LogP contribution < -0.4 is 0 Å². The third-order valence-corrected chi connectivity index (χ3v) is 5.25. The molecule has 0 aliphatic carbocycles. The van der Waals surface area contributed by atoms with Crippen molar-refractivity contribution < 1.29 is 9.59 Å². The number of nitrogens with zero attached hydrogens (tertiary/aromatic N) is 2. The molecule has 0 atom stereocenters. The second kappa shape index (κ2) is 5.82. The first-order valence-corrected chi connectivity index (χ1v) is 7.79. The molecule has 0 bridgehead atoms. The molecule has 4 nitrogen and oxygen atoms in total. The Kier molecular flexibility index (Phi) is 4.40. The van der Waals surface area contributed by atoms with Gasteiger partial charge in [0, 0.05) is 47.9 Å². The van der Waals surface area contributed by atoms with Gasteiger partial charge in [-0.3, -0.25) is 18.2 Å². The predicted molar refractivity (Wildman–Crippen MR) is 66.3 cm³/mol. The lowest BCUT2D eigenvalue weighted by Gasteiger charge is -2.29. The summed E-state index contributed by atoms with van der Waals surface area (Å²) in [6.45, 7) is 1.64. The van der Waals surface area contributed by atoms with Crippen molar-refractivity contribution in [3.05, 3.63) is 0 Å². The lowest BCUT2D eigenvalue weighted by molar-refractivity contribution is -0.128. The van der Waals surface area contributed by atoms with Gasteiger partial charge in [0.05, 0.1) is 0 Å². The van der Waals surface area contributed by atoms with Gasteiger partial charge in [-0.05, 0) is 25.7 Å². The van der Waals surface area contributed by atoms with E-state index in [9.17, 15) is 9.59 Å². The molecule has 16 heavy (non-hydrogen) atoms. The highest BCUT2D eigenvalue weighted by atomic mass is 33.1. The first-order chi connectivity index (χ1) is 7.77. The van der Waals surface area contributed by atoms with Gasteiger partial charge in [0.2, 0.25) is 11.8 Å². The first kappa shape index (κ1) is 12.1. The summed E-state index contributed by atoms with van der Waals surface area (Å²) < 4.78 is 3.58. The predicted octanol–water partition coefficient (Wildman–Crippen LogP) is 2.22. The fourth-order valence-electron chi connectivity index (χ4n) is 1.80. The van der Waals surface area contributed by atoms with Gasteiger partial charge in [-0.2, -0.15) is 0 Å². The zero-order chi connectivity index (χ0) is 11.4. The Morgan fingerprint density at radius 1 is 0.750 bits per heavy atom. The van der Waals surface area contributed by atoms with E-state index in [1.807, 2.05) is 0 Å². The Hall–Kier alpha value is -0.360. The monoisotopic (exact) mass is 260 g/mol. The summed E-state index contributed by atoms with van der Waals surface area (Å²) in [5, 5.41) is 0. The summed E-state index contributed by atoms with van der Waals surface area (Å²) in [6, 6.07) is 0. The highest BCUT2D eigenvalue weighted by Gasteiger charge is 2.23. The van der Waals surface area contributed by atoms with Gasteiger partial charge in [-0.15, -0.1) is 0 Å². The summed E-state index contributed by atoms with van der Waals surface area (Å²) in [6.07, 6.45) is 5.47. The SMILES string of the molecule is O=C1CCCCN1SSN1CCCCC1=O. The molecule has 0 aromatic rings. The van der Waals surface area contributed by atoms with E-state index in [0.717, 1.165) is 38.8 Å². The summed E-state index contributed by atoms with van der Waals surface area (Å²) in [7, 11) is 2.84. The molecule has 0 saturated carbocycles. The molecule has 0 N–H and O–H groups in total. The van der Waals surface area contributed by atoms with Crippen LogP contribution in [0.5, 0.6) is 0 Å². The van der Waals surface area contributed by atoms with Crippen molar-refractivity contribution in [2.45, 2.75) is 38.5 Å². The van der Waals surface area contributed by atoms with Crippen LogP contribution in [0.25, 0.3) is 0 Å². The van der Waals surface area contributed by atoms with E-state index in [1.54, 1.807) is 8.61 Å². The Morgan fingerprint density at radius 2 is 1.19 bits per heavy atom. The molecule has 2 fully saturated rings. The molecular weight excluding hydrogens is 244 g/mol. The second-order valence-corrected chi connectivity index (χ2v) is 6.13. The topological polar surface area (TPSA) is 40.6 Å². The third kappa shape index (κ3) is 3.07. The minimum absolute atomic E-state index is 0.202. The molecule has 0 spiro atoms. The van der Waals surface area contributed by atoms with Crippen LogP contribution in [0.1, 0.15) is 38.5 Å². The van der Waals surface area contributed by atoms with Crippen molar-refractivity contribution in [2.75, 3.05) is 13.1 Å². The van der Waals surface area contributed by atoms with Crippen LogP contribution in [0.15, 0.2) is 0 Å². The Morgan fingerprint density at radius 3 is 1.56 bits per heavy atom. The molecule has 2 aliphatic heterocycles. The van der Waals surface area contributed by atoms with Crippen LogP contribution >= 0.6 is 22.0 Å². The average Bonchev–Trinajstić information content (AvgIpc) is 2.30. The Balaban J connectivity index is 1.77. The maximum atomic E-state index is 11.5. The number of amides is 2. The van der Waals surface area contributed by atoms with Crippen molar-refractivity contribution >= 4 is 33.8 Å². The van der Waals surface area contributed by atoms with Gasteiger partial charge in [0.25, 0.3) is 0 Å². The highest BCUT2D eigenvalue weighted by molar-refractivity contribution is 8.75.